The highest BCUT2D eigenvalue weighted by molar-refractivity contribution is 9.10. The molecule has 1 fully saturated rings. The van der Waals surface area contributed by atoms with Crippen molar-refractivity contribution >= 4 is 38.8 Å². The molecule has 0 aliphatic carbocycles. The van der Waals surface area contributed by atoms with Crippen LogP contribution >= 0.6 is 28.1 Å². The molecule has 3 N–H and O–H groups in total. The molecule has 19 heavy (non-hydrogen) atoms. The number of nitrogens with two attached hydrogens (primary N) is 1. The van der Waals surface area contributed by atoms with E-state index < -0.39 is 0 Å². The van der Waals surface area contributed by atoms with Crippen LogP contribution in [-0.2, 0) is 9.47 Å². The quantitative estimate of drug-likeness (QED) is 0.802. The number of hydrogen-bond donors (Lipinski definition) is 2. The molecule has 1 unspecified atom stereocenters. The number of ether oxygens (including phenoxy) is 2. The van der Waals surface area contributed by atoms with E-state index in [2.05, 4.69) is 21.2 Å². The largest absolute Gasteiger partial charge is 0.389 e. The van der Waals surface area contributed by atoms with Crippen LogP contribution in [0.3, 0.4) is 0 Å². The van der Waals surface area contributed by atoms with Gasteiger partial charge in [-0.1, -0.05) is 28.1 Å². The second-order valence-corrected chi connectivity index (χ2v) is 5.95. The maximum atomic E-state index is 5.73. The van der Waals surface area contributed by atoms with Gasteiger partial charge in [0.15, 0.2) is 0 Å². The van der Waals surface area contributed by atoms with Crippen molar-refractivity contribution in [3.8, 4) is 0 Å². The molecule has 4 nitrogen and oxygen atoms in total. The van der Waals surface area contributed by atoms with Crippen LogP contribution in [0.25, 0.3) is 0 Å². The van der Waals surface area contributed by atoms with Crippen LogP contribution in [0.5, 0.6) is 0 Å². The van der Waals surface area contributed by atoms with Crippen LogP contribution in [0.1, 0.15) is 12.0 Å². The summed E-state index contributed by atoms with van der Waals surface area (Å²) in [6.07, 6.45) is 0.882. The minimum atomic E-state index is -0.268. The predicted octanol–water partition coefficient (Wildman–Crippen LogP) is 2.30. The fourth-order valence-electron chi connectivity index (χ4n) is 2.09. The van der Waals surface area contributed by atoms with Gasteiger partial charge in [0.1, 0.15) is 10.6 Å². The minimum Gasteiger partial charge on any atom is -0.389 e. The fourth-order valence-corrected chi connectivity index (χ4v) is 2.63. The Morgan fingerprint density at radius 3 is 3.00 bits per heavy atom. The molecule has 2 rings (SSSR count). The Morgan fingerprint density at radius 1 is 1.63 bits per heavy atom. The van der Waals surface area contributed by atoms with Crippen molar-refractivity contribution in [1.29, 1.82) is 0 Å². The lowest BCUT2D eigenvalue weighted by Gasteiger charge is -2.27. The number of nitrogens with one attached hydrogen (secondary N) is 1. The third-order valence-electron chi connectivity index (χ3n) is 3.35. The van der Waals surface area contributed by atoms with E-state index >= 15 is 0 Å². The molecular weight excluding hydrogens is 328 g/mol. The average molecular weight is 345 g/mol. The Balaban J connectivity index is 2.14. The van der Waals surface area contributed by atoms with Crippen molar-refractivity contribution < 1.29 is 9.47 Å². The number of methoxy groups -OCH3 is 1. The van der Waals surface area contributed by atoms with E-state index in [0.717, 1.165) is 28.8 Å². The Hall–Kier alpha value is -0.690. The standard InChI is InChI=1S/C13H17BrN2O2S/c1-17-13(4-5-18-8-13)7-16-11-6-9(14)2-3-10(11)12(15)19/h2-3,6,16H,4-5,7-8H2,1H3,(H2,15,19). The third-order valence-corrected chi connectivity index (χ3v) is 4.06. The Kier molecular flexibility index (Phi) is 4.78. The van der Waals surface area contributed by atoms with Crippen molar-refractivity contribution in [2.24, 2.45) is 5.73 Å². The second kappa shape index (κ2) is 6.17. The molecule has 1 aliphatic heterocycles. The molecule has 1 aromatic rings. The minimum absolute atomic E-state index is 0.268. The molecule has 104 valence electrons. The molecule has 1 aliphatic rings. The third kappa shape index (κ3) is 3.45. The van der Waals surface area contributed by atoms with Gasteiger partial charge in [-0.3, -0.25) is 0 Å². The highest BCUT2D eigenvalue weighted by atomic mass is 79.9. The van der Waals surface area contributed by atoms with Crippen molar-refractivity contribution in [3.05, 3.63) is 28.2 Å². The average Bonchev–Trinajstić information content (AvgIpc) is 2.85. The zero-order valence-electron chi connectivity index (χ0n) is 10.7. The van der Waals surface area contributed by atoms with Gasteiger partial charge in [0.2, 0.25) is 0 Å². The first kappa shape index (κ1) is 14.7. The summed E-state index contributed by atoms with van der Waals surface area (Å²) in [6, 6.07) is 5.79. The van der Waals surface area contributed by atoms with Crippen LogP contribution in [0.2, 0.25) is 0 Å². The summed E-state index contributed by atoms with van der Waals surface area (Å²) in [6.45, 7) is 2.00. The number of benzene rings is 1. The molecule has 0 amide bonds. The van der Waals surface area contributed by atoms with E-state index in [0.29, 0.717) is 18.1 Å². The van der Waals surface area contributed by atoms with Gasteiger partial charge in [0, 0.05) is 42.4 Å². The van der Waals surface area contributed by atoms with Gasteiger partial charge in [-0.2, -0.15) is 0 Å². The SMILES string of the molecule is COC1(CNc2cc(Br)ccc2C(N)=S)CCOC1. The summed E-state index contributed by atoms with van der Waals surface area (Å²) in [5, 5.41) is 3.37. The number of anilines is 1. The molecule has 0 saturated carbocycles. The second-order valence-electron chi connectivity index (χ2n) is 4.60. The van der Waals surface area contributed by atoms with Gasteiger partial charge in [-0.15, -0.1) is 0 Å². The first-order valence-electron chi connectivity index (χ1n) is 6.02. The summed E-state index contributed by atoms with van der Waals surface area (Å²) in [7, 11) is 1.71. The molecule has 1 heterocycles. The number of thiocarbonyl (C=S) groups is 1. The highest BCUT2D eigenvalue weighted by Crippen LogP contribution is 2.26. The van der Waals surface area contributed by atoms with Crippen LogP contribution in [0, 0.1) is 0 Å². The van der Waals surface area contributed by atoms with Gasteiger partial charge < -0.3 is 20.5 Å². The van der Waals surface area contributed by atoms with Crippen LogP contribution in [-0.4, -0.2) is 37.5 Å². The van der Waals surface area contributed by atoms with Gasteiger partial charge in [0.25, 0.3) is 0 Å². The van der Waals surface area contributed by atoms with Crippen LogP contribution in [0.4, 0.5) is 5.69 Å². The van der Waals surface area contributed by atoms with Gasteiger partial charge >= 0.3 is 0 Å². The monoisotopic (exact) mass is 344 g/mol. The molecule has 1 saturated heterocycles. The first-order chi connectivity index (χ1) is 9.06. The highest BCUT2D eigenvalue weighted by Gasteiger charge is 2.34. The fraction of sp³-hybridized carbons (Fsp3) is 0.462. The molecule has 1 atom stereocenters. The summed E-state index contributed by atoms with van der Waals surface area (Å²) >= 11 is 8.51. The van der Waals surface area contributed by atoms with E-state index in [4.69, 9.17) is 27.4 Å². The number of rotatable bonds is 5. The van der Waals surface area contributed by atoms with E-state index in [1.54, 1.807) is 7.11 Å². The van der Waals surface area contributed by atoms with E-state index in [-0.39, 0.29) is 5.60 Å². The number of hydrogen-bond acceptors (Lipinski definition) is 4. The summed E-state index contributed by atoms with van der Waals surface area (Å²) in [5.74, 6) is 0. The molecule has 1 aromatic carbocycles. The maximum Gasteiger partial charge on any atom is 0.110 e. The zero-order valence-corrected chi connectivity index (χ0v) is 13.1. The predicted molar refractivity (Wildman–Crippen MR) is 83.7 cm³/mol. The molecular formula is C13H17BrN2O2S. The van der Waals surface area contributed by atoms with Gasteiger partial charge in [-0.25, -0.2) is 0 Å². The summed E-state index contributed by atoms with van der Waals surface area (Å²) < 4.78 is 12.0. The van der Waals surface area contributed by atoms with E-state index in [1.807, 2.05) is 18.2 Å². The van der Waals surface area contributed by atoms with Crippen molar-refractivity contribution in [2.45, 2.75) is 12.0 Å². The van der Waals surface area contributed by atoms with Crippen molar-refractivity contribution in [2.75, 3.05) is 32.2 Å². The summed E-state index contributed by atoms with van der Waals surface area (Å²) in [4.78, 5) is 0.379. The topological polar surface area (TPSA) is 56.5 Å². The molecule has 0 aromatic heterocycles. The smallest absolute Gasteiger partial charge is 0.110 e. The molecule has 6 heteroatoms. The molecule has 0 radical (unpaired) electrons. The van der Waals surface area contributed by atoms with E-state index in [9.17, 15) is 0 Å². The van der Waals surface area contributed by atoms with Gasteiger partial charge in [-0.05, 0) is 18.2 Å². The normalized spacial score (nSPS) is 22.4. The lowest BCUT2D eigenvalue weighted by Crippen LogP contribution is -2.39. The lowest BCUT2D eigenvalue weighted by atomic mass is 10.0. The lowest BCUT2D eigenvalue weighted by molar-refractivity contribution is -0.00620. The first-order valence-corrected chi connectivity index (χ1v) is 7.22. The number of halogens is 1. The molecule has 0 bridgehead atoms. The van der Waals surface area contributed by atoms with Crippen molar-refractivity contribution in [3.63, 3.8) is 0 Å². The summed E-state index contributed by atoms with van der Waals surface area (Å²) in [5.41, 5.74) is 7.21. The van der Waals surface area contributed by atoms with Gasteiger partial charge in [0.05, 0.1) is 6.61 Å². The van der Waals surface area contributed by atoms with E-state index in [1.165, 1.54) is 0 Å². The van der Waals surface area contributed by atoms with Crippen molar-refractivity contribution in [1.82, 2.24) is 0 Å². The Bertz CT molecular complexity index is 476. The maximum absolute atomic E-state index is 5.73. The zero-order chi connectivity index (χ0) is 13.9. The Labute approximate surface area is 126 Å². The molecule has 0 spiro atoms. The van der Waals surface area contributed by atoms with Crippen LogP contribution < -0.4 is 11.1 Å². The Morgan fingerprint density at radius 2 is 2.42 bits per heavy atom. The van der Waals surface area contributed by atoms with Crippen LogP contribution in [0.15, 0.2) is 22.7 Å².